The summed E-state index contributed by atoms with van der Waals surface area (Å²) in [7, 11) is 0. The number of aromatic nitrogens is 1. The van der Waals surface area contributed by atoms with Crippen LogP contribution in [0.25, 0.3) is 10.9 Å². The highest BCUT2D eigenvalue weighted by Crippen LogP contribution is 2.19. The number of allylic oxidation sites excluding steroid dienone is 1. The number of carboxylic acid groups (broad SMARTS) is 1. The second kappa shape index (κ2) is 7.09. The molecule has 4 heteroatoms. The highest BCUT2D eigenvalue weighted by atomic mass is 16.5. The van der Waals surface area contributed by atoms with E-state index in [0.717, 1.165) is 24.3 Å². The maximum Gasteiger partial charge on any atom is 0.328 e. The average Bonchev–Trinajstić information content (AvgIpc) is 2.80. The Labute approximate surface area is 124 Å². The average molecular weight is 287 g/mol. The van der Waals surface area contributed by atoms with Gasteiger partial charge in [-0.3, -0.25) is 0 Å². The van der Waals surface area contributed by atoms with Crippen LogP contribution in [0.3, 0.4) is 0 Å². The van der Waals surface area contributed by atoms with Gasteiger partial charge in [0.2, 0.25) is 0 Å². The summed E-state index contributed by atoms with van der Waals surface area (Å²) in [4.78, 5) is 10.6. The van der Waals surface area contributed by atoms with Crippen LogP contribution in [-0.4, -0.2) is 28.9 Å². The molecule has 2 rings (SSSR count). The molecule has 2 aromatic rings. The molecule has 1 N–H and O–H groups in total. The first-order valence-electron chi connectivity index (χ1n) is 7.15. The Bertz CT molecular complexity index is 655. The van der Waals surface area contributed by atoms with Crippen molar-refractivity contribution in [1.82, 2.24) is 4.57 Å². The normalized spacial score (nSPS) is 12.0. The molecule has 0 aliphatic carbocycles. The fourth-order valence-electron chi connectivity index (χ4n) is 2.45. The highest BCUT2D eigenvalue weighted by Gasteiger charge is 2.03. The van der Waals surface area contributed by atoms with Crippen LogP contribution in [0.1, 0.15) is 19.4 Å². The lowest BCUT2D eigenvalue weighted by molar-refractivity contribution is -0.131. The standard InChI is InChI=1S/C17H21NO3/c1-3-21-9-8-18-7-6-15-12-14(4-5-16(15)18)10-13(2)11-17(19)20/h4-7,11-12H,3,8-10H2,1-2H3,(H,19,20). The van der Waals surface area contributed by atoms with E-state index < -0.39 is 5.97 Å². The van der Waals surface area contributed by atoms with Crippen molar-refractivity contribution in [1.29, 1.82) is 0 Å². The van der Waals surface area contributed by atoms with Crippen molar-refractivity contribution in [2.45, 2.75) is 26.8 Å². The molecule has 0 spiro atoms. The topological polar surface area (TPSA) is 51.5 Å². The van der Waals surface area contributed by atoms with E-state index in [1.807, 2.05) is 13.8 Å². The number of nitrogens with zero attached hydrogens (tertiary/aromatic N) is 1. The lowest BCUT2D eigenvalue weighted by Crippen LogP contribution is -2.04. The van der Waals surface area contributed by atoms with Crippen molar-refractivity contribution in [3.05, 3.63) is 47.7 Å². The third kappa shape index (κ3) is 4.20. The van der Waals surface area contributed by atoms with Crippen molar-refractivity contribution in [2.24, 2.45) is 0 Å². The molecule has 0 saturated carbocycles. The molecule has 0 amide bonds. The first-order valence-corrected chi connectivity index (χ1v) is 7.15. The highest BCUT2D eigenvalue weighted by molar-refractivity contribution is 5.82. The Balaban J connectivity index is 2.14. The van der Waals surface area contributed by atoms with E-state index in [1.54, 1.807) is 0 Å². The van der Waals surface area contributed by atoms with Crippen molar-refractivity contribution < 1.29 is 14.6 Å². The predicted molar refractivity (Wildman–Crippen MR) is 83.5 cm³/mol. The fourth-order valence-corrected chi connectivity index (χ4v) is 2.45. The number of benzene rings is 1. The minimum absolute atomic E-state index is 0.659. The number of hydrogen-bond acceptors (Lipinski definition) is 2. The number of carboxylic acids is 1. The van der Waals surface area contributed by atoms with Gasteiger partial charge in [-0.15, -0.1) is 0 Å². The molecular formula is C17H21NO3. The molecule has 0 fully saturated rings. The summed E-state index contributed by atoms with van der Waals surface area (Å²) < 4.78 is 7.56. The van der Waals surface area contributed by atoms with Crippen LogP contribution in [0.4, 0.5) is 0 Å². The summed E-state index contributed by atoms with van der Waals surface area (Å²) in [6, 6.07) is 8.34. The van der Waals surface area contributed by atoms with Gasteiger partial charge in [-0.05, 0) is 49.4 Å². The van der Waals surface area contributed by atoms with Gasteiger partial charge in [-0.2, -0.15) is 0 Å². The largest absolute Gasteiger partial charge is 0.478 e. The SMILES string of the molecule is CCOCCn1ccc2cc(CC(C)=CC(=O)O)ccc21. The number of aliphatic carboxylic acids is 1. The van der Waals surface area contributed by atoms with Crippen LogP contribution in [0.2, 0.25) is 0 Å². The van der Waals surface area contributed by atoms with Gasteiger partial charge in [0.05, 0.1) is 6.61 Å². The van der Waals surface area contributed by atoms with Crippen molar-refractivity contribution >= 4 is 16.9 Å². The summed E-state index contributed by atoms with van der Waals surface area (Å²) >= 11 is 0. The molecule has 4 nitrogen and oxygen atoms in total. The Morgan fingerprint density at radius 3 is 2.90 bits per heavy atom. The molecule has 0 bridgehead atoms. The number of fused-ring (bicyclic) bond motifs is 1. The van der Waals surface area contributed by atoms with Gasteiger partial charge in [0.1, 0.15) is 0 Å². The van der Waals surface area contributed by atoms with Gasteiger partial charge in [0.25, 0.3) is 0 Å². The Morgan fingerprint density at radius 2 is 2.19 bits per heavy atom. The van der Waals surface area contributed by atoms with E-state index in [0.29, 0.717) is 13.0 Å². The zero-order valence-electron chi connectivity index (χ0n) is 12.5. The van der Waals surface area contributed by atoms with Crippen LogP contribution in [0.5, 0.6) is 0 Å². The van der Waals surface area contributed by atoms with Crippen molar-refractivity contribution in [3.8, 4) is 0 Å². The summed E-state index contributed by atoms with van der Waals surface area (Å²) in [5.41, 5.74) is 3.15. The molecule has 1 aromatic carbocycles. The molecule has 21 heavy (non-hydrogen) atoms. The van der Waals surface area contributed by atoms with Crippen LogP contribution in [-0.2, 0) is 22.5 Å². The fraction of sp³-hybridized carbons (Fsp3) is 0.353. The van der Waals surface area contributed by atoms with E-state index in [9.17, 15) is 4.79 Å². The summed E-state index contributed by atoms with van der Waals surface area (Å²) in [5.74, 6) is -0.893. The maximum absolute atomic E-state index is 10.6. The van der Waals surface area contributed by atoms with E-state index in [2.05, 4.69) is 35.0 Å². The number of carbonyl (C=O) groups is 1. The van der Waals surface area contributed by atoms with E-state index in [1.165, 1.54) is 17.0 Å². The molecule has 0 radical (unpaired) electrons. The Hall–Kier alpha value is -2.07. The van der Waals surface area contributed by atoms with Gasteiger partial charge in [0.15, 0.2) is 0 Å². The molecule has 0 unspecified atom stereocenters. The Morgan fingerprint density at radius 1 is 1.38 bits per heavy atom. The summed E-state index contributed by atoms with van der Waals surface area (Å²) in [5, 5.41) is 9.92. The van der Waals surface area contributed by atoms with Crippen LogP contribution >= 0.6 is 0 Å². The number of rotatable bonds is 7. The summed E-state index contributed by atoms with van der Waals surface area (Å²) in [6.07, 6.45) is 3.98. The van der Waals surface area contributed by atoms with Crippen molar-refractivity contribution in [2.75, 3.05) is 13.2 Å². The van der Waals surface area contributed by atoms with Crippen LogP contribution < -0.4 is 0 Å². The minimum Gasteiger partial charge on any atom is -0.478 e. The molecular weight excluding hydrogens is 266 g/mol. The Kier molecular flexibility index (Phi) is 5.17. The van der Waals surface area contributed by atoms with Crippen LogP contribution in [0, 0.1) is 0 Å². The second-order valence-electron chi connectivity index (χ2n) is 5.10. The van der Waals surface area contributed by atoms with Gasteiger partial charge >= 0.3 is 5.97 Å². The van der Waals surface area contributed by atoms with E-state index in [4.69, 9.17) is 9.84 Å². The van der Waals surface area contributed by atoms with Gasteiger partial charge in [-0.1, -0.05) is 11.6 Å². The lowest BCUT2D eigenvalue weighted by Gasteiger charge is -2.07. The molecule has 0 aliphatic heterocycles. The minimum atomic E-state index is -0.893. The maximum atomic E-state index is 10.6. The van der Waals surface area contributed by atoms with Crippen molar-refractivity contribution in [3.63, 3.8) is 0 Å². The van der Waals surface area contributed by atoms with E-state index >= 15 is 0 Å². The third-order valence-corrected chi connectivity index (χ3v) is 3.37. The quantitative estimate of drug-likeness (QED) is 0.628. The number of hydrogen-bond donors (Lipinski definition) is 1. The zero-order valence-corrected chi connectivity index (χ0v) is 12.5. The van der Waals surface area contributed by atoms with Gasteiger partial charge in [-0.25, -0.2) is 4.79 Å². The lowest BCUT2D eigenvalue weighted by atomic mass is 10.0. The second-order valence-corrected chi connectivity index (χ2v) is 5.10. The monoisotopic (exact) mass is 287 g/mol. The smallest absolute Gasteiger partial charge is 0.328 e. The number of ether oxygens (including phenoxy) is 1. The third-order valence-electron chi connectivity index (χ3n) is 3.37. The van der Waals surface area contributed by atoms with Gasteiger partial charge in [0, 0.05) is 30.9 Å². The molecule has 0 aliphatic rings. The summed E-state index contributed by atoms with van der Waals surface area (Å²) in [6.45, 7) is 6.12. The molecule has 112 valence electrons. The molecule has 1 heterocycles. The van der Waals surface area contributed by atoms with Gasteiger partial charge < -0.3 is 14.4 Å². The van der Waals surface area contributed by atoms with Crippen LogP contribution in [0.15, 0.2) is 42.1 Å². The predicted octanol–water partition coefficient (Wildman–Crippen LogP) is 3.25. The first kappa shape index (κ1) is 15.3. The van der Waals surface area contributed by atoms with E-state index in [-0.39, 0.29) is 0 Å². The first-order chi connectivity index (χ1) is 10.1. The molecule has 1 aromatic heterocycles. The zero-order chi connectivity index (χ0) is 15.2. The molecule has 0 atom stereocenters. The molecule has 0 saturated heterocycles.